The van der Waals surface area contributed by atoms with Crippen molar-refractivity contribution in [2.24, 2.45) is 0 Å². The molecule has 19 heavy (non-hydrogen) atoms. The van der Waals surface area contributed by atoms with Crippen LogP contribution >= 0.6 is 11.3 Å². The number of nitrogens with zero attached hydrogens (tertiary/aromatic N) is 1. The number of hydrogen-bond acceptors (Lipinski definition) is 4. The summed E-state index contributed by atoms with van der Waals surface area (Å²) in [4.78, 5) is 7.45. The largest absolute Gasteiger partial charge is 0.345 e. The third kappa shape index (κ3) is 2.22. The Kier molecular flexibility index (Phi) is 2.99. The minimum absolute atomic E-state index is 0.349. The van der Waals surface area contributed by atoms with Gasteiger partial charge >= 0.3 is 0 Å². The van der Waals surface area contributed by atoms with Crippen LogP contribution in [0.1, 0.15) is 30.8 Å². The maximum Gasteiger partial charge on any atom is 0.250 e. The molecular weight excluding hydrogens is 282 g/mol. The molecule has 2 aromatic heterocycles. The summed E-state index contributed by atoms with van der Waals surface area (Å²) in [5.41, 5.74) is 0.383. The van der Waals surface area contributed by atoms with Crippen LogP contribution in [0.25, 0.3) is 0 Å². The number of sulfonamides is 1. The second kappa shape index (κ2) is 4.43. The van der Waals surface area contributed by atoms with E-state index in [1.807, 2.05) is 6.92 Å². The molecule has 0 aromatic carbocycles. The summed E-state index contributed by atoms with van der Waals surface area (Å²) >= 11 is 1.22. The average molecular weight is 297 g/mol. The van der Waals surface area contributed by atoms with Gasteiger partial charge in [0.05, 0.1) is 5.54 Å². The fraction of sp³-hybridized carbons (Fsp3) is 0.417. The van der Waals surface area contributed by atoms with E-state index in [1.54, 1.807) is 23.7 Å². The number of aromatic nitrogens is 2. The minimum atomic E-state index is -3.47. The molecule has 2 aromatic rings. The van der Waals surface area contributed by atoms with Crippen LogP contribution in [0.15, 0.2) is 27.9 Å². The van der Waals surface area contributed by atoms with E-state index >= 15 is 0 Å². The monoisotopic (exact) mass is 297 g/mol. The standard InChI is InChI=1S/C12H15N3O2S2/c1-9-8-13-11(14-9)12(5-3-6-12)15-19(16,17)10-4-2-7-18-10/h2,4,7-8,15H,3,5-6H2,1H3,(H,13,14). The number of imidazole rings is 1. The van der Waals surface area contributed by atoms with Gasteiger partial charge in [-0.05, 0) is 37.6 Å². The van der Waals surface area contributed by atoms with E-state index in [0.717, 1.165) is 30.8 Å². The van der Waals surface area contributed by atoms with Gasteiger partial charge in [-0.2, -0.15) is 4.72 Å². The fourth-order valence-electron chi connectivity index (χ4n) is 2.30. The summed E-state index contributed by atoms with van der Waals surface area (Å²) in [7, 11) is -3.47. The molecule has 5 nitrogen and oxygen atoms in total. The molecule has 3 rings (SSSR count). The van der Waals surface area contributed by atoms with Crippen LogP contribution in [-0.4, -0.2) is 18.4 Å². The highest BCUT2D eigenvalue weighted by Crippen LogP contribution is 2.41. The lowest BCUT2D eigenvalue weighted by Gasteiger charge is -2.40. The van der Waals surface area contributed by atoms with Crippen molar-refractivity contribution in [3.05, 3.63) is 35.2 Å². The van der Waals surface area contributed by atoms with Crippen LogP contribution in [0.5, 0.6) is 0 Å². The molecule has 7 heteroatoms. The summed E-state index contributed by atoms with van der Waals surface area (Å²) < 4.78 is 27.9. The van der Waals surface area contributed by atoms with Crippen LogP contribution in [0.3, 0.4) is 0 Å². The maximum atomic E-state index is 12.3. The van der Waals surface area contributed by atoms with Gasteiger partial charge in [-0.1, -0.05) is 6.07 Å². The Bertz CT molecular complexity index is 670. The number of hydrogen-bond donors (Lipinski definition) is 2. The first-order valence-corrected chi connectivity index (χ1v) is 8.48. The molecule has 1 fully saturated rings. The Labute approximate surface area is 116 Å². The third-order valence-electron chi connectivity index (χ3n) is 3.45. The van der Waals surface area contributed by atoms with Gasteiger partial charge in [0.2, 0.25) is 0 Å². The maximum absolute atomic E-state index is 12.3. The van der Waals surface area contributed by atoms with E-state index in [2.05, 4.69) is 14.7 Å². The first-order chi connectivity index (χ1) is 9.02. The lowest BCUT2D eigenvalue weighted by atomic mass is 9.77. The zero-order valence-corrected chi connectivity index (χ0v) is 12.1. The molecule has 0 aliphatic heterocycles. The molecule has 2 N–H and O–H groups in total. The smallest absolute Gasteiger partial charge is 0.250 e. The molecular formula is C12H15N3O2S2. The highest BCUT2D eigenvalue weighted by Gasteiger charge is 2.44. The fourth-order valence-corrected chi connectivity index (χ4v) is 4.72. The van der Waals surface area contributed by atoms with Gasteiger partial charge in [0, 0.05) is 11.9 Å². The Morgan fingerprint density at radius 1 is 1.47 bits per heavy atom. The number of aryl methyl sites for hydroxylation is 1. The molecule has 102 valence electrons. The molecule has 1 saturated carbocycles. The predicted octanol–water partition coefficient (Wildman–Crippen LogP) is 2.14. The first-order valence-electron chi connectivity index (χ1n) is 6.11. The SMILES string of the molecule is Cc1cnc(C2(NS(=O)(=O)c3cccs3)CCC2)[nH]1. The minimum Gasteiger partial charge on any atom is -0.345 e. The lowest BCUT2D eigenvalue weighted by Crippen LogP contribution is -2.51. The zero-order valence-electron chi connectivity index (χ0n) is 10.5. The molecule has 2 heterocycles. The van der Waals surface area contributed by atoms with E-state index < -0.39 is 15.6 Å². The topological polar surface area (TPSA) is 74.8 Å². The number of thiophene rings is 1. The van der Waals surface area contributed by atoms with E-state index in [0.29, 0.717) is 4.21 Å². The van der Waals surface area contributed by atoms with Crippen LogP contribution in [0.2, 0.25) is 0 Å². The van der Waals surface area contributed by atoms with Crippen LogP contribution in [-0.2, 0) is 15.6 Å². The van der Waals surface area contributed by atoms with Crippen molar-refractivity contribution in [1.29, 1.82) is 0 Å². The van der Waals surface area contributed by atoms with Crippen molar-refractivity contribution in [2.75, 3.05) is 0 Å². The van der Waals surface area contributed by atoms with Crippen LogP contribution in [0.4, 0.5) is 0 Å². The summed E-state index contributed by atoms with van der Waals surface area (Å²) in [6.07, 6.45) is 4.30. The molecule has 0 amide bonds. The molecule has 0 unspecified atom stereocenters. The molecule has 1 aliphatic carbocycles. The lowest BCUT2D eigenvalue weighted by molar-refractivity contribution is 0.212. The first kappa shape index (κ1) is 12.8. The highest BCUT2D eigenvalue weighted by atomic mass is 32.2. The van der Waals surface area contributed by atoms with Crippen molar-refractivity contribution >= 4 is 21.4 Å². The number of rotatable bonds is 4. The van der Waals surface area contributed by atoms with E-state index in [-0.39, 0.29) is 0 Å². The van der Waals surface area contributed by atoms with Crippen molar-refractivity contribution in [3.8, 4) is 0 Å². The highest BCUT2D eigenvalue weighted by molar-refractivity contribution is 7.91. The molecule has 1 aliphatic rings. The Hall–Kier alpha value is -1.18. The molecule has 0 atom stereocenters. The van der Waals surface area contributed by atoms with Crippen molar-refractivity contribution < 1.29 is 8.42 Å². The molecule has 0 bridgehead atoms. The molecule has 0 saturated heterocycles. The summed E-state index contributed by atoms with van der Waals surface area (Å²) in [6, 6.07) is 3.36. The van der Waals surface area contributed by atoms with Gasteiger partial charge in [0.25, 0.3) is 10.0 Å². The number of nitrogens with one attached hydrogen (secondary N) is 2. The number of H-pyrrole nitrogens is 1. The van der Waals surface area contributed by atoms with Crippen LogP contribution < -0.4 is 4.72 Å². The summed E-state index contributed by atoms with van der Waals surface area (Å²) in [6.45, 7) is 1.91. The van der Waals surface area contributed by atoms with Gasteiger partial charge in [0.1, 0.15) is 10.0 Å². The second-order valence-corrected chi connectivity index (χ2v) is 7.75. The Balaban J connectivity index is 1.92. The summed E-state index contributed by atoms with van der Waals surface area (Å²) in [5, 5.41) is 1.76. The van der Waals surface area contributed by atoms with Crippen molar-refractivity contribution in [1.82, 2.24) is 14.7 Å². The van der Waals surface area contributed by atoms with Gasteiger partial charge in [-0.15, -0.1) is 11.3 Å². The Morgan fingerprint density at radius 2 is 2.26 bits per heavy atom. The normalized spacial score (nSPS) is 18.2. The van der Waals surface area contributed by atoms with E-state index in [9.17, 15) is 8.42 Å². The van der Waals surface area contributed by atoms with Crippen molar-refractivity contribution in [3.63, 3.8) is 0 Å². The van der Waals surface area contributed by atoms with Crippen LogP contribution in [0, 0.1) is 6.92 Å². The van der Waals surface area contributed by atoms with Gasteiger partial charge in [0.15, 0.2) is 0 Å². The molecule has 0 spiro atoms. The van der Waals surface area contributed by atoms with Crippen molar-refractivity contribution in [2.45, 2.75) is 35.9 Å². The van der Waals surface area contributed by atoms with Gasteiger partial charge in [-0.25, -0.2) is 13.4 Å². The summed E-state index contributed by atoms with van der Waals surface area (Å²) in [5.74, 6) is 0.719. The number of aromatic amines is 1. The van der Waals surface area contributed by atoms with Gasteiger partial charge in [-0.3, -0.25) is 0 Å². The van der Waals surface area contributed by atoms with E-state index in [4.69, 9.17) is 0 Å². The average Bonchev–Trinajstić information content (AvgIpc) is 2.94. The quantitative estimate of drug-likeness (QED) is 0.908. The Morgan fingerprint density at radius 3 is 2.74 bits per heavy atom. The van der Waals surface area contributed by atoms with E-state index in [1.165, 1.54) is 11.3 Å². The second-order valence-electron chi connectivity index (χ2n) is 4.89. The van der Waals surface area contributed by atoms with Gasteiger partial charge < -0.3 is 4.98 Å². The third-order valence-corrected chi connectivity index (χ3v) is 6.39. The molecule has 0 radical (unpaired) electrons. The zero-order chi connectivity index (χ0) is 13.5. The predicted molar refractivity (Wildman–Crippen MR) is 73.5 cm³/mol.